The third-order valence-corrected chi connectivity index (χ3v) is 3.67. The lowest BCUT2D eigenvalue weighted by Gasteiger charge is -2.03. The van der Waals surface area contributed by atoms with E-state index in [1.54, 1.807) is 0 Å². The Balaban J connectivity index is 2.37. The first-order chi connectivity index (χ1) is 7.24. The number of nitrogens with one attached hydrogen (secondary N) is 1. The lowest BCUT2D eigenvalue weighted by Crippen LogP contribution is -2.16. The molecule has 0 aliphatic carbocycles. The van der Waals surface area contributed by atoms with Crippen molar-refractivity contribution in [3.8, 4) is 0 Å². The number of benzene rings is 1. The minimum Gasteiger partial charge on any atom is -0.317 e. The molecule has 0 spiro atoms. The molecule has 0 amide bonds. The lowest BCUT2D eigenvalue weighted by atomic mass is 10.2. The van der Waals surface area contributed by atoms with Crippen LogP contribution in [-0.2, 0) is 10.8 Å². The van der Waals surface area contributed by atoms with Gasteiger partial charge in [0.25, 0.3) is 0 Å². The molecule has 3 heteroatoms. The fourth-order valence-corrected chi connectivity index (χ4v) is 2.39. The van der Waals surface area contributed by atoms with Gasteiger partial charge in [-0.25, -0.2) is 0 Å². The Hall–Kier alpha value is -0.670. The molecule has 0 saturated carbocycles. The van der Waals surface area contributed by atoms with E-state index in [9.17, 15) is 4.21 Å². The summed E-state index contributed by atoms with van der Waals surface area (Å²) in [6, 6.07) is 7.94. The molecule has 1 N–H and O–H groups in total. The van der Waals surface area contributed by atoms with Crippen LogP contribution in [0, 0.1) is 6.92 Å². The number of rotatable bonds is 6. The van der Waals surface area contributed by atoms with Gasteiger partial charge in [0, 0.05) is 10.6 Å². The molecule has 0 bridgehead atoms. The summed E-state index contributed by atoms with van der Waals surface area (Å²) in [6.07, 6.45) is 0.967. The molecule has 1 aromatic carbocycles. The van der Waals surface area contributed by atoms with E-state index >= 15 is 0 Å². The Morgan fingerprint density at radius 3 is 2.53 bits per heavy atom. The van der Waals surface area contributed by atoms with Crippen molar-refractivity contribution in [2.75, 3.05) is 18.8 Å². The van der Waals surface area contributed by atoms with E-state index in [1.165, 1.54) is 5.56 Å². The molecule has 0 heterocycles. The van der Waals surface area contributed by atoms with Crippen molar-refractivity contribution in [3.05, 3.63) is 29.8 Å². The Morgan fingerprint density at radius 1 is 1.27 bits per heavy atom. The van der Waals surface area contributed by atoms with Gasteiger partial charge in [-0.15, -0.1) is 0 Å². The largest absolute Gasteiger partial charge is 0.317 e. The van der Waals surface area contributed by atoms with Crippen molar-refractivity contribution in [3.63, 3.8) is 0 Å². The second-order valence-electron chi connectivity index (χ2n) is 3.57. The van der Waals surface area contributed by atoms with Crippen LogP contribution in [-0.4, -0.2) is 23.1 Å². The molecule has 15 heavy (non-hydrogen) atoms. The molecule has 1 aromatic rings. The van der Waals surface area contributed by atoms with E-state index in [0.717, 1.165) is 30.2 Å². The minimum atomic E-state index is -0.835. The predicted octanol–water partition coefficient (Wildman–Crippen LogP) is 2.10. The second kappa shape index (κ2) is 6.75. The van der Waals surface area contributed by atoms with Crippen molar-refractivity contribution in [2.24, 2.45) is 0 Å². The third-order valence-electron chi connectivity index (χ3n) is 2.22. The maximum atomic E-state index is 11.8. The quantitative estimate of drug-likeness (QED) is 0.751. The molecular weight excluding hydrogens is 206 g/mol. The van der Waals surface area contributed by atoms with Crippen LogP contribution in [0.3, 0.4) is 0 Å². The van der Waals surface area contributed by atoms with E-state index in [0.29, 0.717) is 0 Å². The van der Waals surface area contributed by atoms with Crippen molar-refractivity contribution < 1.29 is 4.21 Å². The number of hydrogen-bond acceptors (Lipinski definition) is 2. The first kappa shape index (κ1) is 12.4. The van der Waals surface area contributed by atoms with Crippen molar-refractivity contribution in [1.82, 2.24) is 5.32 Å². The monoisotopic (exact) mass is 225 g/mol. The van der Waals surface area contributed by atoms with Gasteiger partial charge in [0.05, 0.1) is 10.8 Å². The van der Waals surface area contributed by atoms with Gasteiger partial charge >= 0.3 is 0 Å². The van der Waals surface area contributed by atoms with Crippen LogP contribution in [0.5, 0.6) is 0 Å². The zero-order valence-electron chi connectivity index (χ0n) is 9.45. The summed E-state index contributed by atoms with van der Waals surface area (Å²) in [7, 11) is -0.835. The molecule has 0 aliphatic rings. The summed E-state index contributed by atoms with van der Waals surface area (Å²) in [5, 5.41) is 3.23. The average molecular weight is 225 g/mol. The molecule has 1 atom stereocenters. The summed E-state index contributed by atoms with van der Waals surface area (Å²) in [6.45, 7) is 6.06. The summed E-state index contributed by atoms with van der Waals surface area (Å²) >= 11 is 0. The molecule has 2 nitrogen and oxygen atoms in total. The van der Waals surface area contributed by atoms with Gasteiger partial charge in [0.2, 0.25) is 0 Å². The van der Waals surface area contributed by atoms with Gasteiger partial charge < -0.3 is 5.32 Å². The summed E-state index contributed by atoms with van der Waals surface area (Å²) < 4.78 is 11.8. The van der Waals surface area contributed by atoms with Crippen LogP contribution in [0.1, 0.15) is 18.9 Å². The SMILES string of the molecule is CCNCCCS(=O)c1ccc(C)cc1. The Bertz CT molecular complexity index is 308. The van der Waals surface area contributed by atoms with Crippen molar-refractivity contribution in [2.45, 2.75) is 25.2 Å². The topological polar surface area (TPSA) is 29.1 Å². The van der Waals surface area contributed by atoms with Gasteiger partial charge in [-0.1, -0.05) is 24.6 Å². The van der Waals surface area contributed by atoms with Gasteiger partial charge in [-0.2, -0.15) is 0 Å². The van der Waals surface area contributed by atoms with Crippen molar-refractivity contribution >= 4 is 10.8 Å². The fourth-order valence-electron chi connectivity index (χ4n) is 1.31. The number of hydrogen-bond donors (Lipinski definition) is 1. The average Bonchev–Trinajstić information content (AvgIpc) is 2.25. The van der Waals surface area contributed by atoms with Crippen LogP contribution < -0.4 is 5.32 Å². The maximum Gasteiger partial charge on any atom is 0.0529 e. The predicted molar refractivity (Wildman–Crippen MR) is 65.6 cm³/mol. The van der Waals surface area contributed by atoms with Gasteiger partial charge in [0.15, 0.2) is 0 Å². The Labute approximate surface area is 94.5 Å². The molecule has 0 saturated heterocycles. The standard InChI is InChI=1S/C12H19NOS/c1-3-13-9-4-10-15(14)12-7-5-11(2)6-8-12/h5-8,13H,3-4,9-10H2,1-2H3. The molecule has 84 valence electrons. The summed E-state index contributed by atoms with van der Waals surface area (Å²) in [5.41, 5.74) is 1.21. The van der Waals surface area contributed by atoms with E-state index in [1.807, 2.05) is 31.2 Å². The molecule has 1 unspecified atom stereocenters. The molecular formula is C12H19NOS. The second-order valence-corrected chi connectivity index (χ2v) is 5.14. The smallest absolute Gasteiger partial charge is 0.0529 e. The highest BCUT2D eigenvalue weighted by Gasteiger charge is 2.02. The van der Waals surface area contributed by atoms with Crippen LogP contribution >= 0.6 is 0 Å². The summed E-state index contributed by atoms with van der Waals surface area (Å²) in [5.74, 6) is 0.746. The zero-order valence-corrected chi connectivity index (χ0v) is 10.3. The first-order valence-electron chi connectivity index (χ1n) is 5.40. The highest BCUT2D eigenvalue weighted by Crippen LogP contribution is 2.08. The lowest BCUT2D eigenvalue weighted by molar-refractivity contribution is 0.670. The summed E-state index contributed by atoms with van der Waals surface area (Å²) in [4.78, 5) is 0.942. The van der Waals surface area contributed by atoms with Crippen LogP contribution in [0.25, 0.3) is 0 Å². The molecule has 0 aliphatic heterocycles. The Kier molecular flexibility index (Phi) is 5.58. The van der Waals surface area contributed by atoms with Crippen LogP contribution in [0.15, 0.2) is 29.2 Å². The molecule has 0 aromatic heterocycles. The molecule has 0 radical (unpaired) electrons. The van der Waals surface area contributed by atoms with Gasteiger partial charge in [-0.05, 0) is 38.6 Å². The number of aryl methyl sites for hydroxylation is 1. The third kappa shape index (κ3) is 4.58. The van der Waals surface area contributed by atoms with Crippen molar-refractivity contribution in [1.29, 1.82) is 0 Å². The highest BCUT2D eigenvalue weighted by atomic mass is 32.2. The minimum absolute atomic E-state index is 0.746. The van der Waals surface area contributed by atoms with E-state index in [4.69, 9.17) is 0 Å². The van der Waals surface area contributed by atoms with Gasteiger partial charge in [0.1, 0.15) is 0 Å². The fraction of sp³-hybridized carbons (Fsp3) is 0.500. The highest BCUT2D eigenvalue weighted by molar-refractivity contribution is 7.85. The zero-order chi connectivity index (χ0) is 11.1. The van der Waals surface area contributed by atoms with Crippen LogP contribution in [0.4, 0.5) is 0 Å². The normalized spacial score (nSPS) is 12.7. The molecule has 0 fully saturated rings. The molecule has 1 rings (SSSR count). The van der Waals surface area contributed by atoms with E-state index < -0.39 is 10.8 Å². The van der Waals surface area contributed by atoms with E-state index in [2.05, 4.69) is 12.2 Å². The maximum absolute atomic E-state index is 11.8. The van der Waals surface area contributed by atoms with Gasteiger partial charge in [-0.3, -0.25) is 4.21 Å². The Morgan fingerprint density at radius 2 is 1.93 bits per heavy atom. The van der Waals surface area contributed by atoms with Crippen LogP contribution in [0.2, 0.25) is 0 Å². The van der Waals surface area contributed by atoms with E-state index in [-0.39, 0.29) is 0 Å². The first-order valence-corrected chi connectivity index (χ1v) is 6.71.